The Hall–Kier alpha value is -2.07. The molecule has 2 aromatic carbocycles. The number of Topliss-reactive ketones (excluding diaryl/α,β-unsaturated/α-hetero) is 1. The molecule has 7 N–H and O–H groups in total. The van der Waals surface area contributed by atoms with Gasteiger partial charge >= 0.3 is 0 Å². The first kappa shape index (κ1) is 35.0. The van der Waals surface area contributed by atoms with Gasteiger partial charge in [0.15, 0.2) is 5.78 Å². The molecule has 1 aliphatic rings. The lowest BCUT2D eigenvalue weighted by Crippen LogP contribution is -2.37. The van der Waals surface area contributed by atoms with Gasteiger partial charge in [-0.1, -0.05) is 23.2 Å². The predicted octanol–water partition coefficient (Wildman–Crippen LogP) is 7.01. The molecule has 2 heterocycles. The van der Waals surface area contributed by atoms with Crippen molar-refractivity contribution in [2.75, 3.05) is 23.8 Å². The molecule has 4 rings (SSSR count). The lowest BCUT2D eigenvalue weighted by Gasteiger charge is -2.35. The van der Waals surface area contributed by atoms with Crippen molar-refractivity contribution in [3.8, 4) is 0 Å². The molecule has 0 aliphatic carbocycles. The van der Waals surface area contributed by atoms with Crippen molar-refractivity contribution in [2.45, 2.75) is 30.6 Å². The van der Waals surface area contributed by atoms with Gasteiger partial charge in [0.1, 0.15) is 9.87 Å². The molecule has 1 saturated heterocycles. The van der Waals surface area contributed by atoms with Crippen LogP contribution in [0.5, 0.6) is 0 Å². The number of hydrogen-bond acceptors (Lipinski definition) is 9. The van der Waals surface area contributed by atoms with E-state index < -0.39 is 9.87 Å². The molecule has 0 spiro atoms. The van der Waals surface area contributed by atoms with Crippen LogP contribution in [-0.2, 0) is 0 Å². The molecule has 210 valence electrons. The van der Waals surface area contributed by atoms with Crippen LogP contribution in [-0.4, -0.2) is 49.7 Å². The fourth-order valence-electron chi connectivity index (χ4n) is 2.96. The van der Waals surface area contributed by atoms with Gasteiger partial charge in [0, 0.05) is 32.7 Å². The summed E-state index contributed by atoms with van der Waals surface area (Å²) in [5, 5.41) is 22.5. The second kappa shape index (κ2) is 15.6. The van der Waals surface area contributed by atoms with Gasteiger partial charge in [0.2, 0.25) is 5.78 Å². The normalized spacial score (nSPS) is 19.6. The van der Waals surface area contributed by atoms with Crippen LogP contribution in [0.25, 0.3) is 4.85 Å². The highest BCUT2D eigenvalue weighted by Crippen LogP contribution is 2.40. The first-order chi connectivity index (χ1) is 17.7. The SMILES string of the molecule is CC1(O)CSC(C)(O)CS1.Cc1csc(N)c1C(=O)c1ccc(Cl)cc1.N.[C-]#[N+]CC(=O)c1ccc(Cl)cc1. The molecule has 1 fully saturated rings. The third-order valence-corrected chi connectivity index (χ3v) is 9.77. The Kier molecular flexibility index (Phi) is 14.0. The highest BCUT2D eigenvalue weighted by atomic mass is 35.5. The van der Waals surface area contributed by atoms with Gasteiger partial charge < -0.3 is 26.9 Å². The Morgan fingerprint density at radius 1 is 0.949 bits per heavy atom. The molecule has 2 unspecified atom stereocenters. The van der Waals surface area contributed by atoms with Gasteiger partial charge in [-0.3, -0.25) is 9.59 Å². The standard InChI is InChI=1S/C12H10ClNOS.C9H6ClNO.C6H12O2S2.H3N/c1-7-6-16-12(14)10(7)11(15)8-2-4-9(13)5-3-8;1-11-6-9(12)7-2-4-8(10)5-3-7;1-5(7)3-10-6(2,8)4-9-5;/h2-6H,14H2,1H3;2-5H,6H2;7-8H,3-4H2,1-2H3;1H3. The summed E-state index contributed by atoms with van der Waals surface area (Å²) in [6.07, 6.45) is 0. The van der Waals surface area contributed by atoms with Crippen LogP contribution in [0, 0.1) is 13.5 Å². The molecule has 1 aliphatic heterocycles. The van der Waals surface area contributed by atoms with Crippen LogP contribution < -0.4 is 11.9 Å². The molecular weight excluding hydrogens is 597 g/mol. The number of ketones is 2. The van der Waals surface area contributed by atoms with E-state index in [-0.39, 0.29) is 24.3 Å². The van der Waals surface area contributed by atoms with E-state index in [0.717, 1.165) is 5.56 Å². The number of nitrogen functional groups attached to an aromatic ring is 1. The van der Waals surface area contributed by atoms with Crippen LogP contribution in [0.1, 0.15) is 45.7 Å². The first-order valence-corrected chi connectivity index (χ1v) is 14.8. The zero-order valence-corrected chi connectivity index (χ0v) is 25.7. The van der Waals surface area contributed by atoms with E-state index >= 15 is 0 Å². The number of rotatable bonds is 4. The van der Waals surface area contributed by atoms with Crippen LogP contribution in [0.4, 0.5) is 5.00 Å². The minimum Gasteiger partial charge on any atom is -0.390 e. The Bertz CT molecular complexity index is 1240. The van der Waals surface area contributed by atoms with Gasteiger partial charge in [-0.25, -0.2) is 6.57 Å². The molecule has 7 nitrogen and oxygen atoms in total. The number of aryl methyl sites for hydroxylation is 1. The van der Waals surface area contributed by atoms with Crippen LogP contribution in [0.2, 0.25) is 10.0 Å². The molecule has 39 heavy (non-hydrogen) atoms. The van der Waals surface area contributed by atoms with E-state index in [2.05, 4.69) is 4.85 Å². The van der Waals surface area contributed by atoms with E-state index in [9.17, 15) is 19.8 Å². The molecule has 0 amide bonds. The maximum Gasteiger partial charge on any atom is 0.276 e. The topological polar surface area (TPSA) is 140 Å². The van der Waals surface area contributed by atoms with E-state index in [0.29, 0.717) is 43.2 Å². The number of anilines is 1. The number of thiophene rings is 1. The van der Waals surface area contributed by atoms with Gasteiger partial charge in [0.05, 0.1) is 10.6 Å². The number of halogens is 2. The van der Waals surface area contributed by atoms with Crippen molar-refractivity contribution in [3.63, 3.8) is 0 Å². The molecule has 0 saturated carbocycles. The van der Waals surface area contributed by atoms with Gasteiger partial charge in [-0.05, 0) is 80.2 Å². The molecular formula is C27H31Cl2N3O4S3. The third kappa shape index (κ3) is 11.5. The number of benzene rings is 2. The molecule has 0 radical (unpaired) electrons. The second-order valence-electron chi connectivity index (χ2n) is 8.67. The Balaban J connectivity index is 0.000000298. The quantitative estimate of drug-likeness (QED) is 0.179. The Morgan fingerprint density at radius 3 is 1.74 bits per heavy atom. The summed E-state index contributed by atoms with van der Waals surface area (Å²) in [5.74, 6) is 0.990. The molecule has 1 aromatic heterocycles. The third-order valence-electron chi connectivity index (χ3n) is 5.03. The first-order valence-electron chi connectivity index (χ1n) is 11.2. The lowest BCUT2D eigenvalue weighted by atomic mass is 10.0. The summed E-state index contributed by atoms with van der Waals surface area (Å²) in [6.45, 7) is 11.8. The number of carbonyl (C=O) groups excluding carboxylic acids is 2. The Labute approximate surface area is 251 Å². The highest BCUT2D eigenvalue weighted by Gasteiger charge is 2.35. The van der Waals surface area contributed by atoms with Gasteiger partial charge in [-0.15, -0.1) is 34.9 Å². The van der Waals surface area contributed by atoms with E-state index in [1.807, 2.05) is 12.3 Å². The summed E-state index contributed by atoms with van der Waals surface area (Å²) in [6, 6.07) is 13.3. The summed E-state index contributed by atoms with van der Waals surface area (Å²) >= 11 is 15.6. The number of nitrogens with two attached hydrogens (primary N) is 1. The van der Waals surface area contributed by atoms with Crippen LogP contribution in [0.15, 0.2) is 53.9 Å². The molecule has 3 aromatic rings. The number of thioether (sulfide) groups is 2. The number of aliphatic hydroxyl groups is 2. The average Bonchev–Trinajstić information content (AvgIpc) is 3.20. The number of nitrogens with zero attached hydrogens (tertiary/aromatic N) is 1. The molecule has 0 bridgehead atoms. The summed E-state index contributed by atoms with van der Waals surface area (Å²) in [4.78, 5) is 25.0. The summed E-state index contributed by atoms with van der Waals surface area (Å²) in [5.41, 5.74) is 8.45. The fraction of sp³-hybridized carbons (Fsp3) is 0.296. The molecule has 12 heteroatoms. The van der Waals surface area contributed by atoms with Gasteiger partial charge in [-0.2, -0.15) is 0 Å². The van der Waals surface area contributed by atoms with Gasteiger partial charge in [0.25, 0.3) is 6.54 Å². The Morgan fingerprint density at radius 2 is 1.38 bits per heavy atom. The summed E-state index contributed by atoms with van der Waals surface area (Å²) < 4.78 is 0. The maximum atomic E-state index is 12.1. The predicted molar refractivity (Wildman–Crippen MR) is 167 cm³/mol. The number of carbonyl (C=O) groups is 2. The van der Waals surface area contributed by atoms with Crippen molar-refractivity contribution in [3.05, 3.63) is 97.6 Å². The fourth-order valence-corrected chi connectivity index (χ4v) is 6.18. The zero-order valence-electron chi connectivity index (χ0n) is 21.7. The monoisotopic (exact) mass is 627 g/mol. The van der Waals surface area contributed by atoms with Crippen molar-refractivity contribution < 1.29 is 19.8 Å². The van der Waals surface area contributed by atoms with Crippen molar-refractivity contribution >= 4 is 74.6 Å². The maximum absolute atomic E-state index is 12.1. The van der Waals surface area contributed by atoms with E-state index in [1.165, 1.54) is 34.9 Å². The highest BCUT2D eigenvalue weighted by molar-refractivity contribution is 8.07. The van der Waals surface area contributed by atoms with Crippen LogP contribution >= 0.6 is 58.1 Å². The van der Waals surface area contributed by atoms with E-state index in [4.69, 9.17) is 35.5 Å². The summed E-state index contributed by atoms with van der Waals surface area (Å²) in [7, 11) is 0. The largest absolute Gasteiger partial charge is 0.390 e. The van der Waals surface area contributed by atoms with E-state index in [1.54, 1.807) is 62.4 Å². The van der Waals surface area contributed by atoms with Crippen molar-refractivity contribution in [1.82, 2.24) is 6.15 Å². The minimum absolute atomic E-state index is 0. The van der Waals surface area contributed by atoms with Crippen molar-refractivity contribution in [1.29, 1.82) is 0 Å². The second-order valence-corrected chi connectivity index (χ2v) is 13.4. The van der Waals surface area contributed by atoms with Crippen molar-refractivity contribution in [2.24, 2.45) is 0 Å². The smallest absolute Gasteiger partial charge is 0.276 e. The zero-order chi connectivity index (χ0) is 28.5. The lowest BCUT2D eigenvalue weighted by molar-refractivity contribution is 0.101. The number of hydrogen-bond donors (Lipinski definition) is 4. The van der Waals surface area contributed by atoms with Crippen LogP contribution in [0.3, 0.4) is 0 Å². The molecule has 2 atom stereocenters. The minimum atomic E-state index is -0.646. The average molecular weight is 629 g/mol.